The second kappa shape index (κ2) is 6.25. The van der Waals surface area contributed by atoms with Crippen molar-refractivity contribution in [3.63, 3.8) is 0 Å². The molecule has 0 saturated heterocycles. The van der Waals surface area contributed by atoms with Crippen molar-refractivity contribution in [2.75, 3.05) is 0 Å². The molecule has 0 amide bonds. The van der Waals surface area contributed by atoms with E-state index in [4.69, 9.17) is 5.26 Å². The molecule has 0 spiro atoms. The predicted octanol–water partition coefficient (Wildman–Crippen LogP) is 3.82. The average Bonchev–Trinajstić information content (AvgIpc) is 2.72. The number of aromatic nitrogens is 1. The molecule has 1 aromatic heterocycles. The summed E-state index contributed by atoms with van der Waals surface area (Å²) in [5.74, 6) is 0. The van der Waals surface area contributed by atoms with Crippen LogP contribution < -0.4 is 5.32 Å². The van der Waals surface area contributed by atoms with Gasteiger partial charge < -0.3 is 9.88 Å². The van der Waals surface area contributed by atoms with Gasteiger partial charge in [-0.05, 0) is 43.2 Å². The molecule has 2 rings (SSSR count). The summed E-state index contributed by atoms with van der Waals surface area (Å²) in [6, 6.07) is 12.7. The molecule has 2 aromatic rings. The molecule has 1 heterocycles. The highest BCUT2D eigenvalue weighted by Crippen LogP contribution is 2.19. The predicted molar refractivity (Wildman–Crippen MR) is 84.3 cm³/mol. The number of nitriles is 1. The number of benzene rings is 1. The lowest BCUT2D eigenvalue weighted by Crippen LogP contribution is -2.18. The maximum atomic E-state index is 9.05. The number of halogens is 1. The lowest BCUT2D eigenvalue weighted by Gasteiger charge is -2.14. The first-order chi connectivity index (χ1) is 9.52. The van der Waals surface area contributed by atoms with Crippen LogP contribution in [0.5, 0.6) is 0 Å². The van der Waals surface area contributed by atoms with E-state index in [-0.39, 0.29) is 6.04 Å². The summed E-state index contributed by atoms with van der Waals surface area (Å²) in [6.45, 7) is 4.95. The van der Waals surface area contributed by atoms with E-state index in [2.05, 4.69) is 46.4 Å². The topological polar surface area (TPSA) is 40.8 Å². The summed E-state index contributed by atoms with van der Waals surface area (Å²) < 4.78 is 3.02. The summed E-state index contributed by atoms with van der Waals surface area (Å²) in [6.07, 6.45) is 0. The van der Waals surface area contributed by atoms with Crippen molar-refractivity contribution in [3.8, 4) is 6.07 Å². The minimum atomic E-state index is 0.262. The Hall–Kier alpha value is -1.57. The summed E-state index contributed by atoms with van der Waals surface area (Å²) in [7, 11) is 1.93. The van der Waals surface area contributed by atoms with Gasteiger partial charge in [-0.25, -0.2) is 0 Å². The SMILES string of the molecule is Cc1c(CN[C@H](C)c2cccc(Br)c2)cc(C#N)n1C. The van der Waals surface area contributed by atoms with Crippen molar-refractivity contribution in [1.29, 1.82) is 5.26 Å². The lowest BCUT2D eigenvalue weighted by molar-refractivity contribution is 0.572. The Morgan fingerprint density at radius 3 is 2.75 bits per heavy atom. The molecule has 0 fully saturated rings. The quantitative estimate of drug-likeness (QED) is 0.925. The number of hydrogen-bond acceptors (Lipinski definition) is 2. The monoisotopic (exact) mass is 331 g/mol. The van der Waals surface area contributed by atoms with Gasteiger partial charge in [-0.3, -0.25) is 0 Å². The van der Waals surface area contributed by atoms with Crippen LogP contribution in [-0.4, -0.2) is 4.57 Å². The molecule has 0 aliphatic carbocycles. The van der Waals surface area contributed by atoms with Crippen molar-refractivity contribution in [3.05, 3.63) is 57.3 Å². The van der Waals surface area contributed by atoms with Crippen LogP contribution in [0.2, 0.25) is 0 Å². The Labute approximate surface area is 128 Å². The van der Waals surface area contributed by atoms with Crippen LogP contribution in [0.3, 0.4) is 0 Å². The Morgan fingerprint density at radius 1 is 1.40 bits per heavy atom. The molecule has 4 heteroatoms. The molecule has 0 aliphatic heterocycles. The van der Waals surface area contributed by atoms with Gasteiger partial charge in [-0.15, -0.1) is 0 Å². The number of nitrogens with one attached hydrogen (secondary N) is 1. The molecule has 0 radical (unpaired) electrons. The molecule has 0 aliphatic rings. The fourth-order valence-electron chi connectivity index (χ4n) is 2.21. The van der Waals surface area contributed by atoms with Crippen LogP contribution in [0, 0.1) is 18.3 Å². The van der Waals surface area contributed by atoms with E-state index < -0.39 is 0 Å². The second-order valence-electron chi connectivity index (χ2n) is 4.97. The summed E-state index contributed by atoms with van der Waals surface area (Å²) in [4.78, 5) is 0. The summed E-state index contributed by atoms with van der Waals surface area (Å²) >= 11 is 3.49. The molecular weight excluding hydrogens is 314 g/mol. The van der Waals surface area contributed by atoms with Crippen LogP contribution in [-0.2, 0) is 13.6 Å². The van der Waals surface area contributed by atoms with E-state index >= 15 is 0 Å². The molecule has 0 bridgehead atoms. The van der Waals surface area contributed by atoms with Gasteiger partial charge in [0.15, 0.2) is 0 Å². The molecule has 1 aromatic carbocycles. The van der Waals surface area contributed by atoms with Gasteiger partial charge in [0.1, 0.15) is 11.8 Å². The summed E-state index contributed by atoms with van der Waals surface area (Å²) in [5, 5.41) is 12.6. The molecule has 1 atom stereocenters. The van der Waals surface area contributed by atoms with Crippen LogP contribution in [0.25, 0.3) is 0 Å². The first kappa shape index (κ1) is 14.8. The molecule has 0 unspecified atom stereocenters. The van der Waals surface area contributed by atoms with Crippen LogP contribution >= 0.6 is 15.9 Å². The van der Waals surface area contributed by atoms with Crippen molar-refractivity contribution in [2.24, 2.45) is 7.05 Å². The molecule has 20 heavy (non-hydrogen) atoms. The zero-order chi connectivity index (χ0) is 14.7. The van der Waals surface area contributed by atoms with Crippen molar-refractivity contribution in [2.45, 2.75) is 26.4 Å². The van der Waals surface area contributed by atoms with Crippen LogP contribution in [0.4, 0.5) is 0 Å². The zero-order valence-corrected chi connectivity index (χ0v) is 13.5. The third-order valence-electron chi connectivity index (χ3n) is 3.70. The number of hydrogen-bond donors (Lipinski definition) is 1. The van der Waals surface area contributed by atoms with E-state index in [1.807, 2.05) is 36.7 Å². The molecule has 104 valence electrons. The zero-order valence-electron chi connectivity index (χ0n) is 11.9. The van der Waals surface area contributed by atoms with E-state index in [1.165, 1.54) is 11.1 Å². The second-order valence-corrected chi connectivity index (χ2v) is 5.88. The third kappa shape index (κ3) is 3.12. The van der Waals surface area contributed by atoms with E-state index in [9.17, 15) is 0 Å². The highest BCUT2D eigenvalue weighted by molar-refractivity contribution is 9.10. The molecule has 1 N–H and O–H groups in total. The van der Waals surface area contributed by atoms with Gasteiger partial charge in [-0.2, -0.15) is 5.26 Å². The highest BCUT2D eigenvalue weighted by Gasteiger charge is 2.10. The first-order valence-corrected chi connectivity index (χ1v) is 7.36. The van der Waals surface area contributed by atoms with Gasteiger partial charge in [0, 0.05) is 29.8 Å². The van der Waals surface area contributed by atoms with Crippen LogP contribution in [0.1, 0.15) is 35.5 Å². The average molecular weight is 332 g/mol. The maximum Gasteiger partial charge on any atom is 0.120 e. The number of rotatable bonds is 4. The van der Waals surface area contributed by atoms with Crippen molar-refractivity contribution < 1.29 is 0 Å². The van der Waals surface area contributed by atoms with Gasteiger partial charge in [0.25, 0.3) is 0 Å². The lowest BCUT2D eigenvalue weighted by atomic mass is 10.1. The first-order valence-electron chi connectivity index (χ1n) is 6.57. The third-order valence-corrected chi connectivity index (χ3v) is 4.20. The number of nitrogens with zero attached hydrogens (tertiary/aromatic N) is 2. The smallest absolute Gasteiger partial charge is 0.120 e. The van der Waals surface area contributed by atoms with Gasteiger partial charge in [0.2, 0.25) is 0 Å². The Kier molecular flexibility index (Phi) is 4.64. The fraction of sp³-hybridized carbons (Fsp3) is 0.312. The standard InChI is InChI=1S/C16H18BrN3/c1-11(13-5-4-6-15(17)7-13)19-10-14-8-16(9-18)20(3)12(14)2/h4-8,11,19H,10H2,1-3H3/t11-/m1/s1. The van der Waals surface area contributed by atoms with Gasteiger partial charge in [-0.1, -0.05) is 28.1 Å². The van der Waals surface area contributed by atoms with E-state index in [1.54, 1.807) is 0 Å². The normalized spacial score (nSPS) is 12.2. The van der Waals surface area contributed by atoms with E-state index in [0.29, 0.717) is 5.69 Å². The summed E-state index contributed by atoms with van der Waals surface area (Å²) in [5.41, 5.74) is 4.25. The minimum Gasteiger partial charge on any atom is -0.340 e. The Morgan fingerprint density at radius 2 is 2.15 bits per heavy atom. The fourth-order valence-corrected chi connectivity index (χ4v) is 2.62. The van der Waals surface area contributed by atoms with Gasteiger partial charge in [0.05, 0.1) is 0 Å². The Bertz CT molecular complexity index is 652. The minimum absolute atomic E-state index is 0.262. The highest BCUT2D eigenvalue weighted by atomic mass is 79.9. The van der Waals surface area contributed by atoms with Crippen molar-refractivity contribution >= 4 is 15.9 Å². The Balaban J connectivity index is 2.07. The molecule has 3 nitrogen and oxygen atoms in total. The molecule has 0 saturated carbocycles. The van der Waals surface area contributed by atoms with Crippen molar-refractivity contribution in [1.82, 2.24) is 9.88 Å². The van der Waals surface area contributed by atoms with Crippen LogP contribution in [0.15, 0.2) is 34.8 Å². The largest absolute Gasteiger partial charge is 0.340 e. The van der Waals surface area contributed by atoms with E-state index in [0.717, 1.165) is 16.7 Å². The van der Waals surface area contributed by atoms with Gasteiger partial charge >= 0.3 is 0 Å². The molecular formula is C16H18BrN3. The maximum absolute atomic E-state index is 9.05.